The molecule has 0 radical (unpaired) electrons. The largest absolute Gasteiger partial charge is 0.0779 e. The molecule has 0 aromatic heterocycles. The van der Waals surface area contributed by atoms with Gasteiger partial charge in [0.25, 0.3) is 0 Å². The summed E-state index contributed by atoms with van der Waals surface area (Å²) in [6.07, 6.45) is 9.85. The highest BCUT2D eigenvalue weighted by Gasteiger charge is 2.33. The molecule has 120 valence electrons. The van der Waals surface area contributed by atoms with E-state index in [0.29, 0.717) is 0 Å². The topological polar surface area (TPSA) is 0 Å². The average molecular weight is 321 g/mol. The number of hydrogen-bond acceptors (Lipinski definition) is 0. The molecule has 25 heavy (non-hydrogen) atoms. The Kier molecular flexibility index (Phi) is 4.03. The lowest BCUT2D eigenvalue weighted by Crippen LogP contribution is -2.01. The van der Waals surface area contributed by atoms with Crippen LogP contribution in [0.1, 0.15) is 24.5 Å². The average Bonchev–Trinajstić information content (AvgIpc) is 2.98. The minimum Gasteiger partial charge on any atom is -0.0642 e. The summed E-state index contributed by atoms with van der Waals surface area (Å²) in [7, 11) is 0. The maximum Gasteiger partial charge on any atom is 0.0779 e. The predicted molar refractivity (Wildman–Crippen MR) is 107 cm³/mol. The smallest absolute Gasteiger partial charge is 0.0642 e. The van der Waals surface area contributed by atoms with Crippen LogP contribution in [0.2, 0.25) is 0 Å². The third kappa shape index (κ3) is 2.81. The van der Waals surface area contributed by atoms with Crippen LogP contribution in [0.5, 0.6) is 0 Å². The van der Waals surface area contributed by atoms with Gasteiger partial charge in [-0.05, 0) is 24.1 Å². The van der Waals surface area contributed by atoms with E-state index in [0.717, 1.165) is 6.42 Å². The van der Waals surface area contributed by atoms with E-state index in [2.05, 4.69) is 92.4 Å². The van der Waals surface area contributed by atoms with Gasteiger partial charge in [-0.15, -0.1) is 0 Å². The van der Waals surface area contributed by atoms with Gasteiger partial charge in [-0.3, -0.25) is 0 Å². The van der Waals surface area contributed by atoms with Gasteiger partial charge in [0.2, 0.25) is 0 Å². The van der Waals surface area contributed by atoms with Crippen LogP contribution in [-0.2, 0) is 0 Å². The lowest BCUT2D eigenvalue weighted by Gasteiger charge is -2.14. The van der Waals surface area contributed by atoms with Gasteiger partial charge >= 0.3 is 0 Å². The van der Waals surface area contributed by atoms with Gasteiger partial charge in [-0.2, -0.15) is 0 Å². The Hall–Kier alpha value is -2.99. The van der Waals surface area contributed by atoms with Gasteiger partial charge in [-0.1, -0.05) is 67.2 Å². The van der Waals surface area contributed by atoms with Crippen molar-refractivity contribution in [3.63, 3.8) is 0 Å². The van der Waals surface area contributed by atoms with Crippen LogP contribution < -0.4 is 0 Å². The lowest BCUT2D eigenvalue weighted by molar-refractivity contribution is 1.16. The van der Waals surface area contributed by atoms with Gasteiger partial charge in [0.05, 0.1) is 11.5 Å². The van der Waals surface area contributed by atoms with Gasteiger partial charge in [0.15, 0.2) is 0 Å². The second-order valence-corrected chi connectivity index (χ2v) is 6.55. The van der Waals surface area contributed by atoms with Crippen LogP contribution in [0.15, 0.2) is 114 Å². The number of hydrogen-bond donors (Lipinski definition) is 0. The van der Waals surface area contributed by atoms with E-state index in [-0.39, 0.29) is 0 Å². The Bertz CT molecular complexity index is 877. The van der Waals surface area contributed by atoms with Crippen LogP contribution in [0.25, 0.3) is 5.57 Å². The highest BCUT2D eigenvalue weighted by Crippen LogP contribution is 2.44. The van der Waals surface area contributed by atoms with E-state index < -0.39 is 0 Å². The van der Waals surface area contributed by atoms with Crippen molar-refractivity contribution in [2.45, 2.75) is 13.3 Å². The van der Waals surface area contributed by atoms with Crippen molar-refractivity contribution in [2.24, 2.45) is 0 Å². The quantitative estimate of drug-likeness (QED) is 0.569. The summed E-state index contributed by atoms with van der Waals surface area (Å²) < 4.78 is 0. The first kappa shape index (κ1) is 15.5. The lowest BCUT2D eigenvalue weighted by atomic mass is 9.85. The second-order valence-electron chi connectivity index (χ2n) is 6.55. The first-order chi connectivity index (χ1) is 12.3. The van der Waals surface area contributed by atoms with Crippen molar-refractivity contribution < 1.29 is 0 Å². The first-order valence-corrected chi connectivity index (χ1v) is 8.71. The second kappa shape index (κ2) is 6.49. The van der Waals surface area contributed by atoms with Crippen LogP contribution in [0, 0.1) is 5.92 Å². The van der Waals surface area contributed by atoms with E-state index in [4.69, 9.17) is 0 Å². The van der Waals surface area contributed by atoms with Crippen LogP contribution in [0.3, 0.4) is 0 Å². The van der Waals surface area contributed by atoms with Crippen molar-refractivity contribution in [2.75, 3.05) is 0 Å². The molecule has 0 saturated carbocycles. The zero-order valence-electron chi connectivity index (χ0n) is 14.5. The summed E-state index contributed by atoms with van der Waals surface area (Å²) >= 11 is 0. The molecule has 0 N–H and O–H groups in total. The molecule has 0 saturated heterocycles. The minimum atomic E-state index is 1.02. The highest BCUT2D eigenvalue weighted by atomic mass is 14.3. The summed E-state index contributed by atoms with van der Waals surface area (Å²) in [6.45, 7) is 6.19. The maximum absolute atomic E-state index is 3.98. The fraction of sp³-hybridized carbons (Fsp3) is 0.0800. The van der Waals surface area contributed by atoms with Crippen molar-refractivity contribution in [3.8, 4) is 0 Å². The molecule has 2 aliphatic rings. The molecular formula is C25H21+. The van der Waals surface area contributed by atoms with Crippen molar-refractivity contribution >= 4 is 5.57 Å². The Labute approximate surface area is 150 Å². The third-order valence-electron chi connectivity index (χ3n) is 4.93. The molecule has 0 heterocycles. The maximum atomic E-state index is 3.98. The molecule has 0 bridgehead atoms. The number of rotatable bonds is 3. The molecule has 4 rings (SSSR count). The number of fused-ring (bicyclic) bond motifs is 1. The van der Waals surface area contributed by atoms with E-state index in [1.807, 2.05) is 6.08 Å². The first-order valence-electron chi connectivity index (χ1n) is 8.71. The number of allylic oxidation sites excluding steroid dienone is 8. The molecule has 0 amide bonds. The van der Waals surface area contributed by atoms with Gasteiger partial charge < -0.3 is 0 Å². The fourth-order valence-electron chi connectivity index (χ4n) is 3.76. The normalized spacial score (nSPS) is 16.0. The summed E-state index contributed by atoms with van der Waals surface area (Å²) in [5.41, 5.74) is 9.16. The van der Waals surface area contributed by atoms with Crippen LogP contribution in [0.4, 0.5) is 0 Å². The molecule has 0 unspecified atom stereocenters. The zero-order valence-corrected chi connectivity index (χ0v) is 14.5. The van der Waals surface area contributed by atoms with E-state index >= 15 is 0 Å². The minimum absolute atomic E-state index is 1.02. The molecule has 2 aromatic rings. The van der Waals surface area contributed by atoms with Gasteiger partial charge in [-0.25, -0.2) is 0 Å². The van der Waals surface area contributed by atoms with Crippen molar-refractivity contribution in [1.82, 2.24) is 0 Å². The molecule has 0 atom stereocenters. The van der Waals surface area contributed by atoms with E-state index in [1.54, 1.807) is 0 Å². The van der Waals surface area contributed by atoms with E-state index in [1.165, 1.54) is 44.9 Å². The molecule has 2 aliphatic carbocycles. The summed E-state index contributed by atoms with van der Waals surface area (Å²) in [4.78, 5) is 0. The SMILES string of the molecule is C=CC1=C(C)CC2=CC(=C(c3ccccc3)c3ccccc3)C=C[C+]21. The summed E-state index contributed by atoms with van der Waals surface area (Å²) in [5.74, 6) is 1.33. The molecular weight excluding hydrogens is 300 g/mol. The fourth-order valence-corrected chi connectivity index (χ4v) is 3.76. The third-order valence-corrected chi connectivity index (χ3v) is 4.93. The molecule has 0 spiro atoms. The van der Waals surface area contributed by atoms with Crippen molar-refractivity contribution in [3.05, 3.63) is 131 Å². The van der Waals surface area contributed by atoms with Crippen LogP contribution in [-0.4, -0.2) is 0 Å². The number of benzene rings is 2. The standard InChI is InChI=1S/C25H21/c1-3-23-18(2)16-22-17-21(14-15-24(22)23)25(19-10-6-4-7-11-19)20-12-8-5-9-13-20/h3-15,17H,1,16H2,2H3/q+1. The monoisotopic (exact) mass is 321 g/mol. The summed E-state index contributed by atoms with van der Waals surface area (Å²) in [6, 6.07) is 21.3. The van der Waals surface area contributed by atoms with Gasteiger partial charge in [0.1, 0.15) is 0 Å². The zero-order chi connectivity index (χ0) is 17.2. The van der Waals surface area contributed by atoms with Crippen molar-refractivity contribution in [1.29, 1.82) is 0 Å². The Morgan fingerprint density at radius 2 is 1.56 bits per heavy atom. The molecule has 0 fully saturated rings. The Morgan fingerprint density at radius 1 is 0.960 bits per heavy atom. The molecule has 0 nitrogen and oxygen atoms in total. The highest BCUT2D eigenvalue weighted by molar-refractivity contribution is 5.86. The summed E-state index contributed by atoms with van der Waals surface area (Å²) in [5, 5.41) is 0. The predicted octanol–water partition coefficient (Wildman–Crippen LogP) is 6.47. The van der Waals surface area contributed by atoms with Crippen LogP contribution >= 0.6 is 0 Å². The van der Waals surface area contributed by atoms with Gasteiger partial charge in [0, 0.05) is 46.9 Å². The Balaban J connectivity index is 1.87. The Morgan fingerprint density at radius 3 is 2.12 bits per heavy atom. The molecule has 0 heteroatoms. The molecule has 2 aromatic carbocycles. The van der Waals surface area contributed by atoms with E-state index in [9.17, 15) is 0 Å². The molecule has 0 aliphatic heterocycles.